The molecule has 1 amide bonds. The Balaban J connectivity index is 1.90. The molecule has 0 saturated heterocycles. The third-order valence-electron chi connectivity index (χ3n) is 3.95. The molecule has 2 aromatic rings. The van der Waals surface area contributed by atoms with Crippen LogP contribution in [0.5, 0.6) is 5.75 Å². The van der Waals surface area contributed by atoms with Crippen molar-refractivity contribution in [3.63, 3.8) is 0 Å². The summed E-state index contributed by atoms with van der Waals surface area (Å²) in [6.45, 7) is 4.53. The van der Waals surface area contributed by atoms with Crippen LogP contribution in [-0.4, -0.2) is 12.5 Å². The smallest absolute Gasteiger partial charge is 0.254 e. The molecule has 0 spiro atoms. The largest absolute Gasteiger partial charge is 0.493 e. The van der Waals surface area contributed by atoms with Crippen LogP contribution in [0.2, 0.25) is 0 Å². The van der Waals surface area contributed by atoms with Crippen molar-refractivity contribution >= 4 is 21.8 Å². The van der Waals surface area contributed by atoms with Crippen LogP contribution < -0.4 is 10.1 Å². The second-order valence-electron chi connectivity index (χ2n) is 5.79. The number of halogens is 2. The number of carbonyl (C=O) groups is 1. The fourth-order valence-electron chi connectivity index (χ4n) is 2.93. The summed E-state index contributed by atoms with van der Waals surface area (Å²) in [5, 5.41) is 2.93. The molecule has 1 heterocycles. The van der Waals surface area contributed by atoms with E-state index in [0.717, 1.165) is 22.4 Å². The first-order chi connectivity index (χ1) is 11.0. The highest BCUT2D eigenvalue weighted by molar-refractivity contribution is 9.10. The van der Waals surface area contributed by atoms with E-state index < -0.39 is 11.7 Å². The van der Waals surface area contributed by atoms with Crippen molar-refractivity contribution in [1.29, 1.82) is 0 Å². The van der Waals surface area contributed by atoms with E-state index in [1.807, 2.05) is 19.9 Å². The molecule has 0 aliphatic carbocycles. The first-order valence-corrected chi connectivity index (χ1v) is 8.25. The summed E-state index contributed by atoms with van der Waals surface area (Å²) in [5.74, 6) is -0.124. The average molecular weight is 378 g/mol. The van der Waals surface area contributed by atoms with Crippen molar-refractivity contribution in [3.8, 4) is 5.75 Å². The number of hydrogen-bond donors (Lipinski definition) is 1. The number of hydrogen-bond acceptors (Lipinski definition) is 2. The molecule has 3 nitrogen and oxygen atoms in total. The zero-order valence-corrected chi connectivity index (χ0v) is 14.5. The summed E-state index contributed by atoms with van der Waals surface area (Å²) in [6.07, 6.45) is 0.664. The molecule has 1 N–H and O–H groups in total. The normalized spacial score (nSPS) is 16.4. The molecule has 120 valence electrons. The summed E-state index contributed by atoms with van der Waals surface area (Å²) in [5.41, 5.74) is 3.15. The molecule has 0 saturated carbocycles. The first kappa shape index (κ1) is 16.0. The van der Waals surface area contributed by atoms with Crippen LogP contribution in [0.1, 0.15) is 39.5 Å². The molecule has 1 aliphatic heterocycles. The predicted molar refractivity (Wildman–Crippen MR) is 90.3 cm³/mol. The molecule has 1 unspecified atom stereocenters. The highest BCUT2D eigenvalue weighted by atomic mass is 79.9. The lowest BCUT2D eigenvalue weighted by Gasteiger charge is -2.28. The molecule has 3 rings (SSSR count). The number of ether oxygens (including phenoxy) is 1. The van der Waals surface area contributed by atoms with E-state index >= 15 is 0 Å². The van der Waals surface area contributed by atoms with Gasteiger partial charge in [-0.15, -0.1) is 0 Å². The number of carbonyl (C=O) groups excluding carboxylic acids is 1. The van der Waals surface area contributed by atoms with Crippen molar-refractivity contribution in [3.05, 3.63) is 62.9 Å². The van der Waals surface area contributed by atoms with Gasteiger partial charge in [0.1, 0.15) is 11.6 Å². The minimum atomic E-state index is -0.529. The van der Waals surface area contributed by atoms with Crippen molar-refractivity contribution in [1.82, 2.24) is 5.32 Å². The third kappa shape index (κ3) is 3.24. The van der Waals surface area contributed by atoms with Gasteiger partial charge in [-0.05, 0) is 37.6 Å². The van der Waals surface area contributed by atoms with Gasteiger partial charge in [-0.3, -0.25) is 4.79 Å². The topological polar surface area (TPSA) is 38.3 Å². The minimum Gasteiger partial charge on any atom is -0.493 e. The van der Waals surface area contributed by atoms with Gasteiger partial charge >= 0.3 is 0 Å². The van der Waals surface area contributed by atoms with Crippen LogP contribution >= 0.6 is 15.9 Å². The molecule has 0 fully saturated rings. The standard InChI is InChI=1S/C18H17BrFNO2/c1-10-7-11(2)17-14(8-10)16(5-6-23-17)21-18(22)13-9-12(19)3-4-15(13)20/h3-4,7-9,16H,5-6H2,1-2H3,(H,21,22). The predicted octanol–water partition coefficient (Wildman–Crippen LogP) is 4.46. The SMILES string of the molecule is Cc1cc(C)c2c(c1)C(NC(=O)c1cc(Br)ccc1F)CCO2. The fourth-order valence-corrected chi connectivity index (χ4v) is 3.30. The van der Waals surface area contributed by atoms with Gasteiger partial charge in [-0.1, -0.05) is 33.6 Å². The quantitative estimate of drug-likeness (QED) is 0.838. The first-order valence-electron chi connectivity index (χ1n) is 7.45. The number of aryl methyl sites for hydroxylation is 2. The molecule has 0 bridgehead atoms. The van der Waals surface area contributed by atoms with Crippen LogP contribution in [0.3, 0.4) is 0 Å². The summed E-state index contributed by atoms with van der Waals surface area (Å²) in [4.78, 5) is 12.5. The second kappa shape index (κ2) is 6.32. The van der Waals surface area contributed by atoms with Gasteiger partial charge in [0.15, 0.2) is 0 Å². The maximum Gasteiger partial charge on any atom is 0.254 e. The number of rotatable bonds is 2. The van der Waals surface area contributed by atoms with E-state index in [9.17, 15) is 9.18 Å². The van der Waals surface area contributed by atoms with Gasteiger partial charge in [0.05, 0.1) is 18.2 Å². The number of fused-ring (bicyclic) bond motifs is 1. The Morgan fingerprint density at radius 2 is 2.09 bits per heavy atom. The third-order valence-corrected chi connectivity index (χ3v) is 4.45. The maximum atomic E-state index is 13.9. The summed E-state index contributed by atoms with van der Waals surface area (Å²) >= 11 is 3.27. The summed E-state index contributed by atoms with van der Waals surface area (Å²) in [6, 6.07) is 8.24. The Morgan fingerprint density at radius 3 is 2.87 bits per heavy atom. The molecule has 0 radical (unpaired) electrons. The van der Waals surface area contributed by atoms with Crippen molar-refractivity contribution in [2.45, 2.75) is 26.3 Å². The molecular weight excluding hydrogens is 361 g/mol. The van der Waals surface area contributed by atoms with E-state index in [4.69, 9.17) is 4.74 Å². The lowest BCUT2D eigenvalue weighted by molar-refractivity contribution is 0.0920. The van der Waals surface area contributed by atoms with Gasteiger partial charge in [0.2, 0.25) is 0 Å². The van der Waals surface area contributed by atoms with E-state index in [0.29, 0.717) is 17.5 Å². The molecule has 23 heavy (non-hydrogen) atoms. The van der Waals surface area contributed by atoms with E-state index in [1.165, 1.54) is 12.1 Å². The van der Waals surface area contributed by atoms with Gasteiger partial charge in [-0.2, -0.15) is 0 Å². The van der Waals surface area contributed by atoms with Crippen molar-refractivity contribution in [2.75, 3.05) is 6.61 Å². The molecule has 1 atom stereocenters. The van der Waals surface area contributed by atoms with E-state index in [-0.39, 0.29) is 11.6 Å². The highest BCUT2D eigenvalue weighted by Gasteiger charge is 2.26. The minimum absolute atomic E-state index is 0.0387. The number of amides is 1. The van der Waals surface area contributed by atoms with Crippen molar-refractivity contribution < 1.29 is 13.9 Å². The molecule has 0 aromatic heterocycles. The van der Waals surface area contributed by atoms with E-state index in [2.05, 4.69) is 27.3 Å². The maximum absolute atomic E-state index is 13.9. The summed E-state index contributed by atoms with van der Waals surface area (Å²) < 4.78 is 20.3. The second-order valence-corrected chi connectivity index (χ2v) is 6.70. The Morgan fingerprint density at radius 1 is 1.30 bits per heavy atom. The van der Waals surface area contributed by atoms with Gasteiger partial charge in [0.25, 0.3) is 5.91 Å². The Hall–Kier alpha value is -1.88. The number of nitrogens with one attached hydrogen (secondary N) is 1. The monoisotopic (exact) mass is 377 g/mol. The molecule has 1 aliphatic rings. The lowest BCUT2D eigenvalue weighted by atomic mass is 9.95. The van der Waals surface area contributed by atoms with Crippen molar-refractivity contribution in [2.24, 2.45) is 0 Å². The molecular formula is C18H17BrFNO2. The van der Waals surface area contributed by atoms with Crippen LogP contribution in [0, 0.1) is 19.7 Å². The van der Waals surface area contributed by atoms with E-state index in [1.54, 1.807) is 6.07 Å². The Labute approximate surface area is 143 Å². The zero-order valence-electron chi connectivity index (χ0n) is 13.0. The summed E-state index contributed by atoms with van der Waals surface area (Å²) in [7, 11) is 0. The lowest BCUT2D eigenvalue weighted by Crippen LogP contribution is -2.33. The number of benzene rings is 2. The fraction of sp³-hybridized carbons (Fsp3) is 0.278. The van der Waals surface area contributed by atoms with Crippen LogP contribution in [0.4, 0.5) is 4.39 Å². The average Bonchev–Trinajstić information content (AvgIpc) is 2.50. The van der Waals surface area contributed by atoms with Crippen LogP contribution in [0.25, 0.3) is 0 Å². The van der Waals surface area contributed by atoms with Crippen LogP contribution in [-0.2, 0) is 0 Å². The zero-order chi connectivity index (χ0) is 16.6. The Kier molecular flexibility index (Phi) is 4.39. The highest BCUT2D eigenvalue weighted by Crippen LogP contribution is 2.36. The molecule has 2 aromatic carbocycles. The van der Waals surface area contributed by atoms with Crippen LogP contribution in [0.15, 0.2) is 34.8 Å². The van der Waals surface area contributed by atoms with Gasteiger partial charge < -0.3 is 10.1 Å². The Bertz CT molecular complexity index is 776. The van der Waals surface area contributed by atoms with Gasteiger partial charge in [-0.25, -0.2) is 4.39 Å². The van der Waals surface area contributed by atoms with Gasteiger partial charge in [0, 0.05) is 16.5 Å². The molecule has 5 heteroatoms.